The van der Waals surface area contributed by atoms with E-state index in [2.05, 4.69) is 43.3 Å². The van der Waals surface area contributed by atoms with Crippen LogP contribution >= 0.6 is 0 Å². The van der Waals surface area contributed by atoms with Crippen LogP contribution in [0.5, 0.6) is 0 Å². The first kappa shape index (κ1) is 15.1. The molecule has 0 saturated heterocycles. The van der Waals surface area contributed by atoms with Crippen LogP contribution < -0.4 is 0 Å². The van der Waals surface area contributed by atoms with Crippen molar-refractivity contribution in [2.24, 2.45) is 11.8 Å². The maximum Gasteiger partial charge on any atom is 0.190 e. The zero-order chi connectivity index (χ0) is 15.7. The van der Waals surface area contributed by atoms with E-state index in [9.17, 15) is 4.79 Å². The Bertz CT molecular complexity index is 708. The van der Waals surface area contributed by atoms with Crippen molar-refractivity contribution in [1.82, 2.24) is 0 Å². The van der Waals surface area contributed by atoms with Crippen LogP contribution in [0.2, 0.25) is 19.6 Å². The van der Waals surface area contributed by atoms with Gasteiger partial charge in [-0.05, 0) is 12.8 Å². The van der Waals surface area contributed by atoms with Crippen LogP contribution in [0.25, 0.3) is 0 Å². The van der Waals surface area contributed by atoms with Gasteiger partial charge in [0.05, 0.1) is 0 Å². The Morgan fingerprint density at radius 2 is 1.68 bits per heavy atom. The van der Waals surface area contributed by atoms with E-state index < -0.39 is 8.07 Å². The summed E-state index contributed by atoms with van der Waals surface area (Å²) >= 11 is 0. The molecule has 0 heterocycles. The summed E-state index contributed by atoms with van der Waals surface area (Å²) in [5.74, 6) is 4.18. The summed E-state index contributed by atoms with van der Waals surface area (Å²) in [4.78, 5) is 13.0. The molecule has 3 aliphatic carbocycles. The fraction of sp³-hybridized carbons (Fsp3) is 0.350. The molecular weight excluding hydrogens is 284 g/mol. The number of allylic oxidation sites excluding steroid dienone is 4. The number of carbonyl (C=O) groups is 1. The standard InChI is InChI=1S/C20H22OSi/c1-22(2,3)14-13-18-15-9-11-16(12-10-15)19(18)20(21)17-7-5-4-6-8-17/h4-9,11,15-16H,10,12H2,1-3H3. The van der Waals surface area contributed by atoms with E-state index in [0.29, 0.717) is 5.92 Å². The molecule has 0 amide bonds. The van der Waals surface area contributed by atoms with E-state index in [1.807, 2.05) is 30.3 Å². The van der Waals surface area contributed by atoms with Gasteiger partial charge in [-0.15, -0.1) is 5.54 Å². The molecule has 0 radical (unpaired) electrons. The van der Waals surface area contributed by atoms with Crippen molar-refractivity contribution in [3.05, 3.63) is 59.2 Å². The number of carbonyl (C=O) groups excluding carboxylic acids is 1. The molecule has 112 valence electrons. The number of ketones is 1. The van der Waals surface area contributed by atoms with Gasteiger partial charge >= 0.3 is 0 Å². The molecule has 1 aromatic rings. The number of rotatable bonds is 2. The second-order valence-electron chi connectivity index (χ2n) is 7.20. The molecule has 0 spiro atoms. The summed E-state index contributed by atoms with van der Waals surface area (Å²) in [6.45, 7) is 6.74. The van der Waals surface area contributed by atoms with Crippen LogP contribution in [-0.2, 0) is 0 Å². The van der Waals surface area contributed by atoms with Crippen LogP contribution in [0.1, 0.15) is 23.2 Å². The van der Waals surface area contributed by atoms with E-state index in [0.717, 1.165) is 29.6 Å². The molecule has 1 nitrogen and oxygen atoms in total. The van der Waals surface area contributed by atoms with Gasteiger partial charge in [0.15, 0.2) is 5.78 Å². The van der Waals surface area contributed by atoms with Gasteiger partial charge in [0.2, 0.25) is 0 Å². The molecule has 0 aliphatic heterocycles. The lowest BCUT2D eigenvalue weighted by Gasteiger charge is -2.33. The van der Waals surface area contributed by atoms with Crippen molar-refractivity contribution in [2.45, 2.75) is 32.5 Å². The number of fused-ring (bicyclic) bond motifs is 1. The second kappa shape index (κ2) is 5.74. The monoisotopic (exact) mass is 306 g/mol. The Balaban J connectivity index is 2.06. The minimum Gasteiger partial charge on any atom is -0.289 e. The number of Topliss-reactive ketones (excluding diaryl/α,β-unsaturated/α-hetero) is 1. The highest BCUT2D eigenvalue weighted by atomic mass is 28.3. The fourth-order valence-corrected chi connectivity index (χ4v) is 3.66. The molecule has 4 rings (SSSR count). The van der Waals surface area contributed by atoms with E-state index in [1.54, 1.807) is 0 Å². The highest BCUT2D eigenvalue weighted by Gasteiger charge is 2.34. The van der Waals surface area contributed by atoms with Gasteiger partial charge in [0.25, 0.3) is 0 Å². The van der Waals surface area contributed by atoms with E-state index in [-0.39, 0.29) is 11.7 Å². The molecule has 2 atom stereocenters. The fourth-order valence-electron chi connectivity index (χ4n) is 3.15. The van der Waals surface area contributed by atoms with Crippen LogP contribution in [-0.4, -0.2) is 13.9 Å². The SMILES string of the molecule is C[Si](C)(C)C#CC1=C(C(=O)c2ccccc2)C2C=CC1CC2. The van der Waals surface area contributed by atoms with E-state index in [4.69, 9.17) is 0 Å². The van der Waals surface area contributed by atoms with Crippen molar-refractivity contribution >= 4 is 13.9 Å². The first-order valence-electron chi connectivity index (χ1n) is 8.01. The zero-order valence-corrected chi connectivity index (χ0v) is 14.5. The number of hydrogen-bond acceptors (Lipinski definition) is 1. The van der Waals surface area contributed by atoms with Crippen molar-refractivity contribution in [3.8, 4) is 11.5 Å². The molecule has 0 saturated carbocycles. The Kier molecular flexibility index (Phi) is 3.93. The number of benzene rings is 1. The zero-order valence-electron chi connectivity index (χ0n) is 13.5. The summed E-state index contributed by atoms with van der Waals surface area (Å²) in [7, 11) is -1.44. The molecular formula is C20H22OSi. The van der Waals surface area contributed by atoms with Crippen LogP contribution in [0.3, 0.4) is 0 Å². The largest absolute Gasteiger partial charge is 0.289 e. The summed E-state index contributed by atoms with van der Waals surface area (Å²) in [5, 5.41) is 0. The summed E-state index contributed by atoms with van der Waals surface area (Å²) in [6, 6.07) is 9.62. The quantitative estimate of drug-likeness (QED) is 0.336. The van der Waals surface area contributed by atoms with Gasteiger partial charge in [-0.3, -0.25) is 4.79 Å². The molecule has 2 heteroatoms. The maximum atomic E-state index is 13.0. The highest BCUT2D eigenvalue weighted by molar-refractivity contribution is 6.83. The minimum atomic E-state index is -1.44. The maximum absolute atomic E-state index is 13.0. The van der Waals surface area contributed by atoms with Crippen LogP contribution in [0.15, 0.2) is 53.6 Å². The van der Waals surface area contributed by atoms with E-state index >= 15 is 0 Å². The third-order valence-corrected chi connectivity index (χ3v) is 5.12. The van der Waals surface area contributed by atoms with Crippen LogP contribution in [0.4, 0.5) is 0 Å². The van der Waals surface area contributed by atoms with Gasteiger partial charge in [-0.2, -0.15) is 0 Å². The summed E-state index contributed by atoms with van der Waals surface area (Å²) in [5.41, 5.74) is 6.29. The van der Waals surface area contributed by atoms with Crippen LogP contribution in [0, 0.1) is 23.3 Å². The third-order valence-electron chi connectivity index (χ3n) is 4.25. The molecule has 0 fully saturated rings. The lowest BCUT2D eigenvalue weighted by Crippen LogP contribution is -2.27. The molecule has 1 aromatic carbocycles. The molecule has 3 aliphatic rings. The molecule has 0 aromatic heterocycles. The molecule has 2 unspecified atom stereocenters. The molecule has 22 heavy (non-hydrogen) atoms. The second-order valence-corrected chi connectivity index (χ2v) is 11.9. The normalized spacial score (nSPS) is 23.2. The minimum absolute atomic E-state index is 0.166. The topological polar surface area (TPSA) is 17.1 Å². The van der Waals surface area contributed by atoms with Gasteiger partial charge < -0.3 is 0 Å². The Morgan fingerprint density at radius 1 is 1.05 bits per heavy atom. The lowest BCUT2D eigenvalue weighted by atomic mass is 9.70. The summed E-state index contributed by atoms with van der Waals surface area (Å²) < 4.78 is 0. The predicted molar refractivity (Wildman–Crippen MR) is 94.3 cm³/mol. The average Bonchev–Trinajstić information content (AvgIpc) is 2.53. The average molecular weight is 306 g/mol. The van der Waals surface area contributed by atoms with Crippen molar-refractivity contribution in [3.63, 3.8) is 0 Å². The number of hydrogen-bond donors (Lipinski definition) is 0. The first-order valence-corrected chi connectivity index (χ1v) is 11.5. The molecule has 0 N–H and O–H groups in total. The third kappa shape index (κ3) is 3.00. The first-order chi connectivity index (χ1) is 10.5. The Morgan fingerprint density at radius 3 is 2.27 bits per heavy atom. The van der Waals surface area contributed by atoms with Crippen molar-refractivity contribution in [2.75, 3.05) is 0 Å². The summed E-state index contributed by atoms with van der Waals surface area (Å²) in [6.07, 6.45) is 6.67. The van der Waals surface area contributed by atoms with Gasteiger partial charge in [-0.25, -0.2) is 0 Å². The Hall–Kier alpha value is -1.85. The smallest absolute Gasteiger partial charge is 0.190 e. The predicted octanol–water partition coefficient (Wildman–Crippen LogP) is 4.64. The van der Waals surface area contributed by atoms with E-state index in [1.165, 1.54) is 0 Å². The van der Waals surface area contributed by atoms with Crippen molar-refractivity contribution < 1.29 is 4.79 Å². The Labute approximate surface area is 134 Å². The van der Waals surface area contributed by atoms with Gasteiger partial charge in [-0.1, -0.05) is 68.0 Å². The highest BCUT2D eigenvalue weighted by Crippen LogP contribution is 2.41. The molecule has 2 bridgehead atoms. The lowest BCUT2D eigenvalue weighted by molar-refractivity contribution is 0.101. The van der Waals surface area contributed by atoms with Gasteiger partial charge in [0.1, 0.15) is 8.07 Å². The van der Waals surface area contributed by atoms with Crippen molar-refractivity contribution in [1.29, 1.82) is 0 Å². The van der Waals surface area contributed by atoms with Gasteiger partial charge in [0, 0.05) is 28.5 Å².